The molecule has 0 saturated heterocycles. The summed E-state index contributed by atoms with van der Waals surface area (Å²) >= 11 is 0. The molecule has 6 nitrogen and oxygen atoms in total. The zero-order valence-electron chi connectivity index (χ0n) is 7.93. The maximum Gasteiger partial charge on any atom is 0.329 e. The first-order chi connectivity index (χ1) is 6.54. The Morgan fingerprint density at radius 2 is 1.71 bits per heavy atom. The fourth-order valence-electron chi connectivity index (χ4n) is 0.344. The second-order valence-electron chi connectivity index (χ2n) is 1.90. The first kappa shape index (κ1) is 14.9. The van der Waals surface area contributed by atoms with Crippen molar-refractivity contribution in [3.05, 3.63) is 12.8 Å². The first-order valence-corrected chi connectivity index (χ1v) is 3.78. The molecular formula is C8H14O6. The number of hydrogen-bond donors (Lipinski definition) is 2. The maximum atomic E-state index is 9.66. The van der Waals surface area contributed by atoms with Gasteiger partial charge in [-0.15, -0.1) is 0 Å². The van der Waals surface area contributed by atoms with Gasteiger partial charge in [-0.2, -0.15) is 0 Å². The van der Waals surface area contributed by atoms with Crippen molar-refractivity contribution in [3.8, 4) is 0 Å². The molecule has 14 heavy (non-hydrogen) atoms. The summed E-state index contributed by atoms with van der Waals surface area (Å²) in [5, 5.41) is 15.8. The highest BCUT2D eigenvalue weighted by atomic mass is 16.5. The van der Waals surface area contributed by atoms with Crippen LogP contribution in [0.2, 0.25) is 0 Å². The first-order valence-electron chi connectivity index (χ1n) is 3.78. The lowest BCUT2D eigenvalue weighted by Gasteiger charge is -1.92. The smallest absolute Gasteiger partial charge is 0.329 e. The van der Waals surface area contributed by atoms with Crippen LogP contribution in [0.1, 0.15) is 6.92 Å². The Labute approximate surface area is 81.7 Å². The molecule has 0 saturated carbocycles. The Bertz CT molecular complexity index is 163. The number of hydrogen-bond acceptors (Lipinski definition) is 4. The number of carboxylic acid groups (broad SMARTS) is 2. The molecule has 0 aromatic carbocycles. The van der Waals surface area contributed by atoms with Gasteiger partial charge < -0.3 is 19.7 Å². The monoisotopic (exact) mass is 206 g/mol. The lowest BCUT2D eigenvalue weighted by molar-refractivity contribution is -0.148. The summed E-state index contributed by atoms with van der Waals surface area (Å²) in [5.41, 5.74) is 0. The molecule has 2 N–H and O–H groups in total. The maximum absolute atomic E-state index is 9.66. The van der Waals surface area contributed by atoms with Crippen molar-refractivity contribution < 1.29 is 29.3 Å². The Hall–Kier alpha value is -1.56. The fourth-order valence-corrected chi connectivity index (χ4v) is 0.344. The topological polar surface area (TPSA) is 93.1 Å². The molecule has 0 aliphatic heterocycles. The molecule has 0 heterocycles. The minimum absolute atomic E-state index is 0.563. The van der Waals surface area contributed by atoms with Crippen molar-refractivity contribution in [2.24, 2.45) is 0 Å². The van der Waals surface area contributed by atoms with Gasteiger partial charge in [0.2, 0.25) is 0 Å². The van der Waals surface area contributed by atoms with Gasteiger partial charge in [0.15, 0.2) is 0 Å². The third-order valence-electron chi connectivity index (χ3n) is 0.736. The van der Waals surface area contributed by atoms with Crippen LogP contribution in [0.5, 0.6) is 0 Å². The van der Waals surface area contributed by atoms with Gasteiger partial charge in [-0.1, -0.05) is 6.58 Å². The third kappa shape index (κ3) is 22.4. The predicted molar refractivity (Wildman–Crippen MR) is 47.9 cm³/mol. The van der Waals surface area contributed by atoms with E-state index in [0.29, 0.717) is 0 Å². The quantitative estimate of drug-likeness (QED) is 0.608. The molecule has 0 unspecified atom stereocenters. The predicted octanol–water partition coefficient (Wildman–Crippen LogP) is 0.339. The summed E-state index contributed by atoms with van der Waals surface area (Å²) in [5.74, 6) is -2.34. The van der Waals surface area contributed by atoms with Crippen molar-refractivity contribution >= 4 is 11.9 Å². The SMILES string of the molecule is C=COCC.O=C(O)COCC(=O)O. The number of carboxylic acids is 2. The van der Waals surface area contributed by atoms with E-state index in [1.54, 1.807) is 0 Å². The third-order valence-corrected chi connectivity index (χ3v) is 0.736. The van der Waals surface area contributed by atoms with Crippen LogP contribution in [0.4, 0.5) is 0 Å². The lowest BCUT2D eigenvalue weighted by atomic mass is 10.7. The Morgan fingerprint density at radius 3 is 1.86 bits per heavy atom. The number of aliphatic carboxylic acids is 2. The molecule has 0 aliphatic carbocycles. The lowest BCUT2D eigenvalue weighted by Crippen LogP contribution is -2.13. The molecule has 0 aliphatic rings. The molecule has 0 fully saturated rings. The van der Waals surface area contributed by atoms with Gasteiger partial charge >= 0.3 is 11.9 Å². The highest BCUT2D eigenvalue weighted by molar-refractivity contribution is 5.70. The van der Waals surface area contributed by atoms with Crippen molar-refractivity contribution in [2.45, 2.75) is 6.92 Å². The van der Waals surface area contributed by atoms with Gasteiger partial charge in [-0.25, -0.2) is 9.59 Å². The van der Waals surface area contributed by atoms with Crippen LogP contribution in [-0.4, -0.2) is 42.0 Å². The van der Waals surface area contributed by atoms with E-state index in [0.717, 1.165) is 6.61 Å². The second-order valence-corrected chi connectivity index (χ2v) is 1.90. The Kier molecular flexibility index (Phi) is 12.2. The van der Waals surface area contributed by atoms with Crippen molar-refractivity contribution in [1.82, 2.24) is 0 Å². The van der Waals surface area contributed by atoms with Crippen LogP contribution >= 0.6 is 0 Å². The van der Waals surface area contributed by atoms with Gasteiger partial charge in [0.1, 0.15) is 13.2 Å². The molecule has 0 aromatic rings. The van der Waals surface area contributed by atoms with E-state index >= 15 is 0 Å². The molecule has 0 amide bonds. The highest BCUT2D eigenvalue weighted by Crippen LogP contribution is 1.73. The van der Waals surface area contributed by atoms with Gasteiger partial charge in [0, 0.05) is 0 Å². The normalized spacial score (nSPS) is 8.07. The van der Waals surface area contributed by atoms with Crippen LogP contribution in [0.25, 0.3) is 0 Å². The summed E-state index contributed by atoms with van der Waals surface area (Å²) in [6.45, 7) is 4.85. The van der Waals surface area contributed by atoms with Crippen molar-refractivity contribution in [2.75, 3.05) is 19.8 Å². The summed E-state index contributed by atoms with van der Waals surface area (Å²) in [4.78, 5) is 19.3. The van der Waals surface area contributed by atoms with E-state index in [-0.39, 0.29) is 0 Å². The highest BCUT2D eigenvalue weighted by Gasteiger charge is 1.98. The van der Waals surface area contributed by atoms with Gasteiger partial charge in [-0.05, 0) is 6.92 Å². The summed E-state index contributed by atoms with van der Waals surface area (Å²) in [7, 11) is 0. The van der Waals surface area contributed by atoms with Crippen LogP contribution in [-0.2, 0) is 19.1 Å². The van der Waals surface area contributed by atoms with E-state index in [2.05, 4.69) is 16.1 Å². The minimum atomic E-state index is -1.17. The van der Waals surface area contributed by atoms with E-state index in [4.69, 9.17) is 10.2 Å². The summed E-state index contributed by atoms with van der Waals surface area (Å²) in [6.07, 6.45) is 1.43. The molecule has 82 valence electrons. The van der Waals surface area contributed by atoms with Crippen LogP contribution in [0.15, 0.2) is 12.8 Å². The molecule has 0 rings (SSSR count). The van der Waals surface area contributed by atoms with Crippen molar-refractivity contribution in [1.29, 1.82) is 0 Å². The number of carbonyl (C=O) groups is 2. The van der Waals surface area contributed by atoms with Gasteiger partial charge in [0.05, 0.1) is 12.9 Å². The zero-order chi connectivity index (χ0) is 11.4. The minimum Gasteiger partial charge on any atom is -0.502 e. The standard InChI is InChI=1S/C4H6O5.C4H8O/c5-3(6)1-9-2-4(7)8;1-3-5-4-2/h1-2H2,(H,5,6)(H,7,8);3H,1,4H2,2H3. The fraction of sp³-hybridized carbons (Fsp3) is 0.500. The van der Waals surface area contributed by atoms with Gasteiger partial charge in [-0.3, -0.25) is 0 Å². The number of rotatable bonds is 6. The molecule has 0 spiro atoms. The van der Waals surface area contributed by atoms with E-state index in [1.807, 2.05) is 6.92 Å². The van der Waals surface area contributed by atoms with Crippen LogP contribution < -0.4 is 0 Å². The van der Waals surface area contributed by atoms with Crippen LogP contribution in [0, 0.1) is 0 Å². The largest absolute Gasteiger partial charge is 0.502 e. The average molecular weight is 206 g/mol. The summed E-state index contributed by atoms with van der Waals surface area (Å²) in [6, 6.07) is 0. The molecular weight excluding hydrogens is 192 g/mol. The average Bonchev–Trinajstić information content (AvgIpc) is 2.05. The molecule has 0 bridgehead atoms. The Balaban J connectivity index is 0. The molecule has 0 radical (unpaired) electrons. The summed E-state index contributed by atoms with van der Waals surface area (Å²) < 4.78 is 8.75. The molecule has 0 atom stereocenters. The molecule has 6 heteroatoms. The molecule has 0 aromatic heterocycles. The van der Waals surface area contributed by atoms with E-state index in [9.17, 15) is 9.59 Å². The van der Waals surface area contributed by atoms with Crippen molar-refractivity contribution in [3.63, 3.8) is 0 Å². The van der Waals surface area contributed by atoms with E-state index in [1.165, 1.54) is 6.26 Å². The zero-order valence-corrected chi connectivity index (χ0v) is 7.93. The number of ether oxygens (including phenoxy) is 2. The van der Waals surface area contributed by atoms with Gasteiger partial charge in [0.25, 0.3) is 0 Å². The second kappa shape index (κ2) is 11.4. The Morgan fingerprint density at radius 1 is 1.29 bits per heavy atom. The van der Waals surface area contributed by atoms with Crippen LogP contribution in [0.3, 0.4) is 0 Å². The van der Waals surface area contributed by atoms with E-state index < -0.39 is 25.2 Å².